The molecule has 0 unspecified atom stereocenters. The number of aliphatic imine (C=N–C) groups is 1. The molecule has 0 aromatic carbocycles. The third kappa shape index (κ3) is 19.6. The van der Waals surface area contributed by atoms with Gasteiger partial charge in [-0.25, -0.2) is 4.68 Å². The summed E-state index contributed by atoms with van der Waals surface area (Å²) in [4.78, 5) is 25.7. The van der Waals surface area contributed by atoms with E-state index in [-0.39, 0.29) is 17.8 Å². The van der Waals surface area contributed by atoms with Crippen LogP contribution in [-0.2, 0) is 9.59 Å². The first-order valence-electron chi connectivity index (χ1n) is 9.70. The summed E-state index contributed by atoms with van der Waals surface area (Å²) in [6.45, 7) is 14.6. The number of carbonyl (C=O) groups is 2. The van der Waals surface area contributed by atoms with Gasteiger partial charge in [-0.15, -0.1) is 0 Å². The van der Waals surface area contributed by atoms with Crippen LogP contribution in [0.25, 0.3) is 0 Å². The number of hydrogen-bond donors (Lipinski definition) is 6. The average molecular weight is 436 g/mol. The molecule has 0 aliphatic carbocycles. The zero-order valence-electron chi connectivity index (χ0n) is 18.8. The van der Waals surface area contributed by atoms with E-state index in [1.807, 2.05) is 0 Å². The van der Waals surface area contributed by atoms with E-state index in [0.29, 0.717) is 43.2 Å². The summed E-state index contributed by atoms with van der Waals surface area (Å²) in [6.07, 6.45) is 4.80. The maximum Gasteiger partial charge on any atom is 0.246 e. The molecule has 11 heteroatoms. The van der Waals surface area contributed by atoms with Gasteiger partial charge in [0, 0.05) is 43.2 Å². The van der Waals surface area contributed by atoms with Crippen LogP contribution in [-0.4, -0.2) is 59.6 Å². The van der Waals surface area contributed by atoms with Crippen molar-refractivity contribution in [3.8, 4) is 0 Å². The lowest BCUT2D eigenvalue weighted by molar-refractivity contribution is -0.118. The number of nitrogen functional groups attached to an aromatic ring is 1. The highest BCUT2D eigenvalue weighted by atomic mass is 16.2. The van der Waals surface area contributed by atoms with Crippen LogP contribution in [0.15, 0.2) is 47.8 Å². The van der Waals surface area contributed by atoms with Crippen LogP contribution in [0, 0.1) is 5.41 Å². The molecule has 0 aliphatic heterocycles. The van der Waals surface area contributed by atoms with E-state index in [2.05, 4.69) is 33.9 Å². The lowest BCUT2D eigenvalue weighted by Gasteiger charge is -2.02. The minimum absolute atomic E-state index is 0.0602. The molecular weight excluding hydrogens is 398 g/mol. The zero-order valence-corrected chi connectivity index (χ0v) is 18.8. The van der Waals surface area contributed by atoms with Crippen LogP contribution in [0.2, 0.25) is 0 Å². The first kappa shape index (κ1) is 29.7. The highest BCUT2D eigenvalue weighted by Crippen LogP contribution is 1.86. The second kappa shape index (κ2) is 18.6. The molecule has 9 N–H and O–H groups in total. The third-order valence-electron chi connectivity index (χ3n) is 3.17. The van der Waals surface area contributed by atoms with Gasteiger partial charge in [0.15, 0.2) is 0 Å². The highest BCUT2D eigenvalue weighted by molar-refractivity contribution is 5.92. The van der Waals surface area contributed by atoms with Crippen molar-refractivity contribution in [2.24, 2.45) is 22.2 Å². The summed E-state index contributed by atoms with van der Waals surface area (Å²) in [6, 6.07) is 1.71. The molecule has 2 amide bonds. The van der Waals surface area contributed by atoms with Crippen LogP contribution in [0.1, 0.15) is 33.6 Å². The van der Waals surface area contributed by atoms with Crippen molar-refractivity contribution in [2.75, 3.05) is 26.2 Å². The topological polar surface area (TPSA) is 190 Å². The summed E-state index contributed by atoms with van der Waals surface area (Å²) >= 11 is 0. The van der Waals surface area contributed by atoms with E-state index in [4.69, 9.17) is 22.6 Å². The highest BCUT2D eigenvalue weighted by Gasteiger charge is 1.98. The molecule has 0 radical (unpaired) electrons. The second-order valence-corrected chi connectivity index (χ2v) is 6.43. The lowest BCUT2D eigenvalue weighted by atomic mass is 10.3. The Kier molecular flexibility index (Phi) is 17.8. The molecule has 0 spiro atoms. The van der Waals surface area contributed by atoms with Crippen LogP contribution in [0.5, 0.6) is 0 Å². The number of nitrogens with one attached hydrogen (secondary N) is 3. The number of hydrogen-bond acceptors (Lipinski definition) is 6. The Balaban J connectivity index is 0. The van der Waals surface area contributed by atoms with E-state index in [9.17, 15) is 9.59 Å². The smallest absolute Gasteiger partial charge is 0.246 e. The van der Waals surface area contributed by atoms with Crippen molar-refractivity contribution in [2.45, 2.75) is 33.6 Å². The van der Waals surface area contributed by atoms with Gasteiger partial charge in [-0.1, -0.05) is 13.2 Å². The minimum atomic E-state index is -0.103. The lowest BCUT2D eigenvalue weighted by Crippen LogP contribution is -2.26. The molecule has 1 heterocycles. The summed E-state index contributed by atoms with van der Waals surface area (Å²) in [5.74, 6) is 0.322. The number of carbonyl (C=O) groups excluding carboxylic acids is 2. The fourth-order valence-corrected chi connectivity index (χ4v) is 1.55. The monoisotopic (exact) mass is 435 g/mol. The van der Waals surface area contributed by atoms with Crippen molar-refractivity contribution in [3.63, 3.8) is 0 Å². The Morgan fingerprint density at radius 2 is 1.58 bits per heavy atom. The number of nitrogens with zero attached hydrogens (tertiary/aromatic N) is 3. The molecule has 31 heavy (non-hydrogen) atoms. The molecule has 0 saturated carbocycles. The maximum absolute atomic E-state index is 11.0. The van der Waals surface area contributed by atoms with Crippen molar-refractivity contribution in [1.29, 1.82) is 5.41 Å². The molecule has 0 bridgehead atoms. The molecule has 11 nitrogen and oxygen atoms in total. The predicted octanol–water partition coefficient (Wildman–Crippen LogP) is 0.0981. The van der Waals surface area contributed by atoms with E-state index >= 15 is 0 Å². The average Bonchev–Trinajstić information content (AvgIpc) is 3.23. The number of nitrogens with two attached hydrogens (primary N) is 3. The largest absolute Gasteiger partial charge is 0.388 e. The quantitative estimate of drug-likeness (QED) is 0.138. The molecular formula is C20H37N9O2. The molecule has 174 valence electrons. The number of amides is 2. The SMILES string of the molecule is C=C(C)C(=O)NCCCN.C=C(C)C(=O)NCCCN=C(C)N.N=C(N)n1cccn1. The fourth-order valence-electron chi connectivity index (χ4n) is 1.55. The van der Waals surface area contributed by atoms with Gasteiger partial charge in [0.25, 0.3) is 0 Å². The Morgan fingerprint density at radius 3 is 1.90 bits per heavy atom. The number of aromatic nitrogens is 2. The Bertz CT molecular complexity index is 721. The molecule has 0 saturated heterocycles. The van der Waals surface area contributed by atoms with Gasteiger partial charge in [0.2, 0.25) is 17.8 Å². The fraction of sp³-hybridized carbons (Fsp3) is 0.450. The molecule has 0 aliphatic rings. The van der Waals surface area contributed by atoms with E-state index in [1.54, 1.807) is 39.2 Å². The Labute approximate surface area is 184 Å². The predicted molar refractivity (Wildman–Crippen MR) is 126 cm³/mol. The van der Waals surface area contributed by atoms with Crippen molar-refractivity contribution >= 4 is 23.6 Å². The van der Waals surface area contributed by atoms with E-state index < -0.39 is 0 Å². The van der Waals surface area contributed by atoms with Gasteiger partial charge in [-0.2, -0.15) is 5.10 Å². The Hall–Kier alpha value is -3.47. The molecule has 0 atom stereocenters. The minimum Gasteiger partial charge on any atom is -0.388 e. The van der Waals surface area contributed by atoms with Gasteiger partial charge in [-0.3, -0.25) is 20.0 Å². The standard InChI is InChI=1S/C9H17N3O.C7H14N2O.C4H6N4/c1-7(2)9(13)12-6-4-5-11-8(3)10;1-6(2)7(10)9-5-3-4-8;5-4(6)8-3-1-2-7-8/h1,4-6H2,2-3H3,(H2,10,11)(H,12,13);1,3-5,8H2,2H3,(H,9,10);1-3H,(H3,5,6). The van der Waals surface area contributed by atoms with Crippen LogP contribution < -0.4 is 27.8 Å². The summed E-state index contributed by atoms with van der Waals surface area (Å²) in [5.41, 5.74) is 16.7. The van der Waals surface area contributed by atoms with Crippen LogP contribution in [0.3, 0.4) is 0 Å². The first-order valence-corrected chi connectivity index (χ1v) is 9.70. The number of rotatable bonds is 9. The van der Waals surface area contributed by atoms with Crippen molar-refractivity contribution in [3.05, 3.63) is 42.8 Å². The molecule has 1 aromatic heterocycles. The van der Waals surface area contributed by atoms with Crippen molar-refractivity contribution in [1.82, 2.24) is 20.4 Å². The maximum atomic E-state index is 11.0. The molecule has 1 rings (SSSR count). The van der Waals surface area contributed by atoms with Crippen LogP contribution >= 0.6 is 0 Å². The van der Waals surface area contributed by atoms with E-state index in [1.165, 1.54) is 4.68 Å². The third-order valence-corrected chi connectivity index (χ3v) is 3.17. The summed E-state index contributed by atoms with van der Waals surface area (Å²) in [5, 5.41) is 15.9. The van der Waals surface area contributed by atoms with Gasteiger partial charge < -0.3 is 27.8 Å². The zero-order chi connectivity index (χ0) is 24.2. The normalized spacial score (nSPS) is 9.87. The van der Waals surface area contributed by atoms with Crippen molar-refractivity contribution < 1.29 is 9.59 Å². The second-order valence-electron chi connectivity index (χ2n) is 6.43. The van der Waals surface area contributed by atoms with Gasteiger partial charge in [-0.05, 0) is 46.2 Å². The molecule has 0 fully saturated rings. The summed E-state index contributed by atoms with van der Waals surface area (Å²) in [7, 11) is 0. The number of amidine groups is 1. The van der Waals surface area contributed by atoms with Gasteiger partial charge >= 0.3 is 0 Å². The first-order chi connectivity index (χ1) is 14.5. The summed E-state index contributed by atoms with van der Waals surface area (Å²) < 4.78 is 1.28. The van der Waals surface area contributed by atoms with E-state index in [0.717, 1.165) is 12.8 Å². The van der Waals surface area contributed by atoms with Crippen LogP contribution in [0.4, 0.5) is 0 Å². The van der Waals surface area contributed by atoms with Gasteiger partial charge in [0.1, 0.15) is 0 Å². The Morgan fingerprint density at radius 1 is 1.06 bits per heavy atom. The molecule has 1 aromatic rings. The van der Waals surface area contributed by atoms with Gasteiger partial charge in [0.05, 0.1) is 5.84 Å².